The van der Waals surface area contributed by atoms with E-state index >= 15 is 0 Å². The zero-order valence-electron chi connectivity index (χ0n) is 14.6. The summed E-state index contributed by atoms with van der Waals surface area (Å²) in [5.74, 6) is -0.682. The van der Waals surface area contributed by atoms with Gasteiger partial charge in [0, 0.05) is 30.1 Å². The Morgan fingerprint density at radius 2 is 1.96 bits per heavy atom. The van der Waals surface area contributed by atoms with Crippen molar-refractivity contribution in [3.8, 4) is 0 Å². The Hall–Kier alpha value is -3.26. The first kappa shape index (κ1) is 18.1. The van der Waals surface area contributed by atoms with Gasteiger partial charge in [-0.15, -0.1) is 0 Å². The zero-order chi connectivity index (χ0) is 19.3. The van der Waals surface area contributed by atoms with Crippen LogP contribution in [0.4, 0.5) is 10.1 Å². The first-order valence-corrected chi connectivity index (χ1v) is 9.33. The van der Waals surface area contributed by atoms with Crippen LogP contribution in [0.5, 0.6) is 0 Å². The second-order valence-corrected chi connectivity index (χ2v) is 7.03. The largest absolute Gasteiger partial charge is 0.382 e. The minimum Gasteiger partial charge on any atom is -0.382 e. The lowest BCUT2D eigenvalue weighted by molar-refractivity contribution is -0.125. The van der Waals surface area contributed by atoms with E-state index in [1.807, 2.05) is 18.2 Å². The van der Waals surface area contributed by atoms with Gasteiger partial charge in [0.15, 0.2) is 0 Å². The van der Waals surface area contributed by atoms with Gasteiger partial charge in [0.1, 0.15) is 15.9 Å². The summed E-state index contributed by atoms with van der Waals surface area (Å²) in [6.45, 7) is 0. The van der Waals surface area contributed by atoms with Crippen LogP contribution in [0.25, 0.3) is 0 Å². The number of anilines is 1. The summed E-state index contributed by atoms with van der Waals surface area (Å²) in [5, 5.41) is 8.26. The number of hydrogen-bond donors (Lipinski definition) is 1. The van der Waals surface area contributed by atoms with Gasteiger partial charge < -0.3 is 10.2 Å². The van der Waals surface area contributed by atoms with Crippen molar-refractivity contribution in [3.05, 3.63) is 78.4 Å². The Balaban J connectivity index is 1.39. The lowest BCUT2D eigenvalue weighted by Gasteiger charge is -2.10. The van der Waals surface area contributed by atoms with Crippen molar-refractivity contribution in [2.45, 2.75) is 22.6 Å². The Kier molecular flexibility index (Phi) is 5.29. The van der Waals surface area contributed by atoms with Crippen molar-refractivity contribution < 1.29 is 14.0 Å². The molecule has 28 heavy (non-hydrogen) atoms. The number of oxime groups is 1. The fourth-order valence-electron chi connectivity index (χ4n) is 2.64. The molecule has 0 radical (unpaired) electrons. The van der Waals surface area contributed by atoms with Gasteiger partial charge in [-0.05, 0) is 36.4 Å². The summed E-state index contributed by atoms with van der Waals surface area (Å²) in [5.41, 5.74) is 1.75. The van der Waals surface area contributed by atoms with Crippen LogP contribution in [-0.4, -0.2) is 27.7 Å². The molecule has 3 heterocycles. The molecule has 0 saturated carbocycles. The van der Waals surface area contributed by atoms with Crippen molar-refractivity contribution in [2.24, 2.45) is 5.16 Å². The van der Waals surface area contributed by atoms with E-state index in [1.165, 1.54) is 23.9 Å². The molecule has 2 aromatic heterocycles. The molecule has 3 aromatic rings. The quantitative estimate of drug-likeness (QED) is 0.710. The third kappa shape index (κ3) is 4.34. The van der Waals surface area contributed by atoms with Crippen LogP contribution < -0.4 is 5.32 Å². The lowest BCUT2D eigenvalue weighted by Crippen LogP contribution is -2.28. The molecule has 1 aliphatic rings. The third-order valence-corrected chi connectivity index (χ3v) is 4.85. The van der Waals surface area contributed by atoms with Crippen molar-refractivity contribution in [3.63, 3.8) is 0 Å². The van der Waals surface area contributed by atoms with E-state index in [-0.39, 0.29) is 18.1 Å². The van der Waals surface area contributed by atoms with E-state index in [0.29, 0.717) is 22.0 Å². The molecule has 1 amide bonds. The number of nitrogens with zero attached hydrogens (tertiary/aromatic N) is 3. The minimum atomic E-state index is -0.765. The highest BCUT2D eigenvalue weighted by atomic mass is 32.2. The van der Waals surface area contributed by atoms with Crippen molar-refractivity contribution in [1.29, 1.82) is 0 Å². The van der Waals surface area contributed by atoms with Crippen LogP contribution in [0.3, 0.4) is 0 Å². The number of carbonyl (C=O) groups excluding carboxylic acids is 1. The predicted molar refractivity (Wildman–Crippen MR) is 104 cm³/mol. The average Bonchev–Trinajstić information content (AvgIpc) is 3.20. The van der Waals surface area contributed by atoms with E-state index < -0.39 is 6.10 Å². The Morgan fingerprint density at radius 1 is 1.07 bits per heavy atom. The van der Waals surface area contributed by atoms with E-state index in [9.17, 15) is 9.18 Å². The SMILES string of the molecule is O=C(Nc1ccnc(Sc2ccccn2)c1)C1CC(c2cccc(F)c2)=NO1. The van der Waals surface area contributed by atoms with Crippen LogP contribution in [0.2, 0.25) is 0 Å². The van der Waals surface area contributed by atoms with Gasteiger partial charge in [0.25, 0.3) is 5.91 Å². The van der Waals surface area contributed by atoms with Crippen LogP contribution in [0.1, 0.15) is 12.0 Å². The molecule has 0 fully saturated rings. The third-order valence-electron chi connectivity index (χ3n) is 3.97. The lowest BCUT2D eigenvalue weighted by atomic mass is 10.0. The molecular weight excluding hydrogens is 379 g/mol. The summed E-state index contributed by atoms with van der Waals surface area (Å²) in [7, 11) is 0. The molecule has 140 valence electrons. The number of amides is 1. The van der Waals surface area contributed by atoms with Crippen LogP contribution in [0.15, 0.2) is 82.2 Å². The second-order valence-electron chi connectivity index (χ2n) is 5.99. The molecule has 1 unspecified atom stereocenters. The maximum Gasteiger partial charge on any atom is 0.268 e. The summed E-state index contributed by atoms with van der Waals surface area (Å²) in [6, 6.07) is 15.1. The van der Waals surface area contributed by atoms with Gasteiger partial charge in [-0.3, -0.25) is 4.79 Å². The number of pyridine rings is 2. The highest BCUT2D eigenvalue weighted by molar-refractivity contribution is 7.99. The van der Waals surface area contributed by atoms with E-state index in [0.717, 1.165) is 5.03 Å². The number of carbonyl (C=O) groups is 1. The van der Waals surface area contributed by atoms with Crippen LogP contribution in [-0.2, 0) is 9.63 Å². The summed E-state index contributed by atoms with van der Waals surface area (Å²) >= 11 is 1.40. The molecule has 0 aliphatic carbocycles. The first-order valence-electron chi connectivity index (χ1n) is 8.52. The van der Waals surface area contributed by atoms with Crippen molar-refractivity contribution in [2.75, 3.05) is 5.32 Å². The molecule has 1 aliphatic heterocycles. The highest BCUT2D eigenvalue weighted by Gasteiger charge is 2.29. The monoisotopic (exact) mass is 394 g/mol. The van der Waals surface area contributed by atoms with Gasteiger partial charge >= 0.3 is 0 Å². The van der Waals surface area contributed by atoms with Crippen molar-refractivity contribution in [1.82, 2.24) is 9.97 Å². The van der Waals surface area contributed by atoms with Crippen molar-refractivity contribution >= 4 is 29.1 Å². The maximum absolute atomic E-state index is 13.4. The van der Waals surface area contributed by atoms with Gasteiger partial charge in [0.05, 0.1) is 5.71 Å². The summed E-state index contributed by atoms with van der Waals surface area (Å²) < 4.78 is 13.4. The fourth-order valence-corrected chi connectivity index (χ4v) is 3.41. The molecule has 0 bridgehead atoms. The molecule has 0 spiro atoms. The molecule has 1 N–H and O–H groups in total. The number of hydrogen-bond acceptors (Lipinski definition) is 6. The molecule has 1 atom stereocenters. The van der Waals surface area contributed by atoms with Crippen LogP contribution >= 0.6 is 11.8 Å². The standard InChI is InChI=1S/C20H15FN4O2S/c21-14-5-3-4-13(10-14)16-12-17(27-25-16)20(26)24-15-7-9-23-19(11-15)28-18-6-1-2-8-22-18/h1-11,17H,12H2,(H,23,24,26). The number of nitrogens with one attached hydrogen (secondary N) is 1. The topological polar surface area (TPSA) is 76.5 Å². The van der Waals surface area contributed by atoms with Gasteiger partial charge in [0.2, 0.25) is 6.10 Å². The first-order chi connectivity index (χ1) is 13.7. The summed E-state index contributed by atoms with van der Waals surface area (Å²) in [4.78, 5) is 26.3. The smallest absolute Gasteiger partial charge is 0.268 e. The van der Waals surface area contributed by atoms with Gasteiger partial charge in [-0.1, -0.05) is 35.1 Å². The zero-order valence-corrected chi connectivity index (χ0v) is 15.4. The molecular formula is C20H15FN4O2S. The maximum atomic E-state index is 13.4. The molecule has 1 aromatic carbocycles. The number of benzene rings is 1. The van der Waals surface area contributed by atoms with E-state index in [1.54, 1.807) is 36.7 Å². The highest BCUT2D eigenvalue weighted by Crippen LogP contribution is 2.26. The van der Waals surface area contributed by atoms with E-state index in [2.05, 4.69) is 20.4 Å². The molecule has 4 rings (SSSR count). The average molecular weight is 394 g/mol. The number of halogens is 1. The molecule has 8 heteroatoms. The fraction of sp³-hybridized carbons (Fsp3) is 0.100. The van der Waals surface area contributed by atoms with E-state index in [4.69, 9.17) is 4.84 Å². The van der Waals surface area contributed by atoms with Gasteiger partial charge in [-0.25, -0.2) is 14.4 Å². The van der Waals surface area contributed by atoms with Gasteiger partial charge in [-0.2, -0.15) is 0 Å². The second kappa shape index (κ2) is 8.18. The summed E-state index contributed by atoms with van der Waals surface area (Å²) in [6.07, 6.45) is 2.83. The number of aromatic nitrogens is 2. The Bertz CT molecular complexity index is 1030. The normalized spacial score (nSPS) is 15.6. The van der Waals surface area contributed by atoms with Crippen LogP contribution in [0, 0.1) is 5.82 Å². The molecule has 0 saturated heterocycles. The predicted octanol–water partition coefficient (Wildman–Crippen LogP) is 3.90. The minimum absolute atomic E-state index is 0.274. The Labute approximate surface area is 164 Å². The molecule has 6 nitrogen and oxygen atoms in total. The Morgan fingerprint density at radius 3 is 2.79 bits per heavy atom. The number of rotatable bonds is 5.